The summed E-state index contributed by atoms with van der Waals surface area (Å²) in [4.78, 5) is 17.3. The first-order valence-electron chi connectivity index (χ1n) is 7.26. The second-order valence-electron chi connectivity index (χ2n) is 5.49. The number of aryl methyl sites for hydroxylation is 1. The SMILES string of the molecule is CNC1CCC(N(C)C(=O)CCc2ccc[nH]2)CC1. The third kappa shape index (κ3) is 3.83. The molecule has 2 rings (SSSR count). The maximum Gasteiger partial charge on any atom is 0.222 e. The fraction of sp³-hybridized carbons (Fsp3) is 0.667. The number of H-pyrrole nitrogens is 1. The van der Waals surface area contributed by atoms with Crippen molar-refractivity contribution in [3.05, 3.63) is 24.0 Å². The van der Waals surface area contributed by atoms with E-state index in [4.69, 9.17) is 0 Å². The van der Waals surface area contributed by atoms with Gasteiger partial charge in [0.15, 0.2) is 0 Å². The second-order valence-corrected chi connectivity index (χ2v) is 5.49. The third-order valence-electron chi connectivity index (χ3n) is 4.32. The van der Waals surface area contributed by atoms with Gasteiger partial charge in [-0.3, -0.25) is 4.79 Å². The third-order valence-corrected chi connectivity index (χ3v) is 4.32. The first-order chi connectivity index (χ1) is 9.20. The fourth-order valence-corrected chi connectivity index (χ4v) is 2.90. The highest BCUT2D eigenvalue weighted by molar-refractivity contribution is 5.76. The van der Waals surface area contributed by atoms with Crippen LogP contribution in [0.3, 0.4) is 0 Å². The second kappa shape index (κ2) is 6.75. The number of hydrogen-bond acceptors (Lipinski definition) is 2. The molecule has 0 unspecified atom stereocenters. The number of hydrogen-bond donors (Lipinski definition) is 2. The minimum absolute atomic E-state index is 0.266. The van der Waals surface area contributed by atoms with E-state index in [9.17, 15) is 4.79 Å². The van der Waals surface area contributed by atoms with Crippen molar-refractivity contribution in [1.82, 2.24) is 15.2 Å². The number of aromatic nitrogens is 1. The molecule has 0 saturated heterocycles. The van der Waals surface area contributed by atoms with Gasteiger partial charge >= 0.3 is 0 Å². The molecule has 19 heavy (non-hydrogen) atoms. The van der Waals surface area contributed by atoms with E-state index in [2.05, 4.69) is 10.3 Å². The minimum atomic E-state index is 0.266. The Labute approximate surface area is 115 Å². The van der Waals surface area contributed by atoms with E-state index in [1.807, 2.05) is 37.3 Å². The first-order valence-corrected chi connectivity index (χ1v) is 7.26. The van der Waals surface area contributed by atoms with Gasteiger partial charge in [-0.2, -0.15) is 0 Å². The van der Waals surface area contributed by atoms with Crippen LogP contribution in [0.2, 0.25) is 0 Å². The van der Waals surface area contributed by atoms with Crippen LogP contribution in [0.1, 0.15) is 37.8 Å². The molecular formula is C15H25N3O. The van der Waals surface area contributed by atoms with Crippen LogP contribution < -0.4 is 5.32 Å². The lowest BCUT2D eigenvalue weighted by molar-refractivity contribution is -0.132. The number of amides is 1. The summed E-state index contributed by atoms with van der Waals surface area (Å²) >= 11 is 0. The van der Waals surface area contributed by atoms with Gasteiger partial charge in [-0.05, 0) is 51.3 Å². The Kier molecular flexibility index (Phi) is 5.02. The van der Waals surface area contributed by atoms with Crippen molar-refractivity contribution in [2.24, 2.45) is 0 Å². The van der Waals surface area contributed by atoms with Gasteiger partial charge in [0.2, 0.25) is 5.91 Å². The summed E-state index contributed by atoms with van der Waals surface area (Å²) in [6, 6.07) is 5.08. The van der Waals surface area contributed by atoms with Gasteiger partial charge in [-0.1, -0.05) is 0 Å². The highest BCUT2D eigenvalue weighted by Crippen LogP contribution is 2.22. The van der Waals surface area contributed by atoms with Crippen LogP contribution in [0.4, 0.5) is 0 Å². The van der Waals surface area contributed by atoms with Gasteiger partial charge in [0.05, 0.1) is 0 Å². The van der Waals surface area contributed by atoms with Crippen molar-refractivity contribution in [2.45, 2.75) is 50.6 Å². The summed E-state index contributed by atoms with van der Waals surface area (Å²) < 4.78 is 0. The van der Waals surface area contributed by atoms with Crippen LogP contribution in [0.25, 0.3) is 0 Å². The van der Waals surface area contributed by atoms with Gasteiger partial charge in [0.1, 0.15) is 0 Å². The highest BCUT2D eigenvalue weighted by atomic mass is 16.2. The average molecular weight is 263 g/mol. The van der Waals surface area contributed by atoms with E-state index in [1.54, 1.807) is 0 Å². The quantitative estimate of drug-likeness (QED) is 0.853. The average Bonchev–Trinajstić information content (AvgIpc) is 2.97. The van der Waals surface area contributed by atoms with E-state index in [0.29, 0.717) is 18.5 Å². The van der Waals surface area contributed by atoms with Crippen LogP contribution in [0, 0.1) is 0 Å². The molecule has 4 heteroatoms. The van der Waals surface area contributed by atoms with Gasteiger partial charge in [-0.25, -0.2) is 0 Å². The summed E-state index contributed by atoms with van der Waals surface area (Å²) in [6.07, 6.45) is 7.91. The zero-order valence-corrected chi connectivity index (χ0v) is 12.0. The van der Waals surface area contributed by atoms with Crippen LogP contribution in [-0.2, 0) is 11.2 Å². The molecule has 1 aromatic heterocycles. The molecule has 1 amide bonds. The molecule has 106 valence electrons. The summed E-state index contributed by atoms with van der Waals surface area (Å²) in [5, 5.41) is 3.33. The lowest BCUT2D eigenvalue weighted by atomic mass is 9.90. The molecular weight excluding hydrogens is 238 g/mol. The summed E-state index contributed by atoms with van der Waals surface area (Å²) in [5.41, 5.74) is 1.14. The normalized spacial score (nSPS) is 23.3. The van der Waals surface area contributed by atoms with Gasteiger partial charge < -0.3 is 15.2 Å². The number of carbonyl (C=O) groups excluding carboxylic acids is 1. The molecule has 2 N–H and O–H groups in total. The Morgan fingerprint density at radius 3 is 2.74 bits per heavy atom. The molecule has 1 aliphatic rings. The van der Waals surface area contributed by atoms with Crippen molar-refractivity contribution in [3.63, 3.8) is 0 Å². The van der Waals surface area contributed by atoms with E-state index < -0.39 is 0 Å². The standard InChI is InChI=1S/C15H25N3O/c1-16-12-5-8-14(9-6-12)18(2)15(19)10-7-13-4-3-11-17-13/h3-4,11-12,14,16-17H,5-10H2,1-2H3. The van der Waals surface area contributed by atoms with Crippen molar-refractivity contribution in [1.29, 1.82) is 0 Å². The smallest absolute Gasteiger partial charge is 0.222 e. The molecule has 1 fully saturated rings. The number of nitrogens with one attached hydrogen (secondary N) is 2. The number of aromatic amines is 1. The van der Waals surface area contributed by atoms with Crippen molar-refractivity contribution < 1.29 is 4.79 Å². The van der Waals surface area contributed by atoms with Crippen LogP contribution in [0.15, 0.2) is 18.3 Å². The summed E-state index contributed by atoms with van der Waals surface area (Å²) in [6.45, 7) is 0. The molecule has 1 heterocycles. The maximum absolute atomic E-state index is 12.2. The molecule has 0 bridgehead atoms. The largest absolute Gasteiger partial charge is 0.365 e. The van der Waals surface area contributed by atoms with E-state index >= 15 is 0 Å². The Hall–Kier alpha value is -1.29. The Morgan fingerprint density at radius 2 is 2.16 bits per heavy atom. The molecule has 1 aromatic rings. The predicted octanol–water partition coefficient (Wildman–Crippen LogP) is 1.94. The number of carbonyl (C=O) groups is 1. The lowest BCUT2D eigenvalue weighted by Crippen LogP contribution is -2.42. The minimum Gasteiger partial charge on any atom is -0.365 e. The van der Waals surface area contributed by atoms with E-state index in [0.717, 1.165) is 25.0 Å². The molecule has 4 nitrogen and oxygen atoms in total. The lowest BCUT2D eigenvalue weighted by Gasteiger charge is -2.34. The van der Waals surface area contributed by atoms with E-state index in [1.165, 1.54) is 12.8 Å². The molecule has 1 saturated carbocycles. The molecule has 0 radical (unpaired) electrons. The zero-order valence-electron chi connectivity index (χ0n) is 12.0. The molecule has 0 spiro atoms. The van der Waals surface area contributed by atoms with Gasteiger partial charge in [0, 0.05) is 37.4 Å². The van der Waals surface area contributed by atoms with Crippen LogP contribution in [0.5, 0.6) is 0 Å². The monoisotopic (exact) mass is 263 g/mol. The topological polar surface area (TPSA) is 48.1 Å². The molecule has 0 aromatic carbocycles. The molecule has 0 atom stereocenters. The van der Waals surface area contributed by atoms with Crippen molar-refractivity contribution in [3.8, 4) is 0 Å². The van der Waals surface area contributed by atoms with E-state index in [-0.39, 0.29) is 5.91 Å². The zero-order chi connectivity index (χ0) is 13.7. The van der Waals surface area contributed by atoms with Crippen LogP contribution in [-0.4, -0.2) is 42.0 Å². The van der Waals surface area contributed by atoms with Crippen LogP contribution >= 0.6 is 0 Å². The first kappa shape index (κ1) is 14.1. The van der Waals surface area contributed by atoms with Crippen molar-refractivity contribution in [2.75, 3.05) is 14.1 Å². The number of rotatable bonds is 5. The van der Waals surface area contributed by atoms with Crippen molar-refractivity contribution >= 4 is 5.91 Å². The van der Waals surface area contributed by atoms with Gasteiger partial charge in [0.25, 0.3) is 0 Å². The Morgan fingerprint density at radius 1 is 1.42 bits per heavy atom. The Bertz CT molecular complexity index is 380. The Balaban J connectivity index is 1.76. The summed E-state index contributed by atoms with van der Waals surface area (Å²) in [5.74, 6) is 0.266. The number of nitrogens with zero attached hydrogens (tertiary/aromatic N) is 1. The summed E-state index contributed by atoms with van der Waals surface area (Å²) in [7, 11) is 3.98. The molecule has 0 aliphatic heterocycles. The predicted molar refractivity (Wildman–Crippen MR) is 77.0 cm³/mol. The molecule has 1 aliphatic carbocycles. The van der Waals surface area contributed by atoms with Gasteiger partial charge in [-0.15, -0.1) is 0 Å². The fourth-order valence-electron chi connectivity index (χ4n) is 2.90. The maximum atomic E-state index is 12.2. The highest BCUT2D eigenvalue weighted by Gasteiger charge is 2.25.